The van der Waals surface area contributed by atoms with E-state index in [1.54, 1.807) is 0 Å². The molecule has 0 aromatic heterocycles. The minimum atomic E-state index is 0. The molecule has 0 amide bonds. The second-order valence-corrected chi connectivity index (χ2v) is 4.41. The van der Waals surface area contributed by atoms with E-state index in [1.807, 2.05) is 0 Å². The fourth-order valence-electron chi connectivity index (χ4n) is 1.43. The largest absolute Gasteiger partial charge is 0.327 e. The maximum Gasteiger partial charge on any atom is 0.0175 e. The van der Waals surface area contributed by atoms with Crippen LogP contribution in [0.15, 0.2) is 28.7 Å². The molecule has 1 fully saturated rings. The maximum absolute atomic E-state index is 5.73. The number of hydrogen-bond donors (Lipinski definition) is 1. The molecule has 2 rings (SSSR count). The average Bonchev–Trinajstić information content (AvgIpc) is 2.72. The minimum absolute atomic E-state index is 0. The molecule has 2 atom stereocenters. The van der Waals surface area contributed by atoms with Gasteiger partial charge in [0.25, 0.3) is 0 Å². The molecule has 0 aliphatic heterocycles. The standard InChI is InChI=1S/C10H12BrN.ClH/c11-9-3-1-7(2-4-9)5-8-6-10(8)12;/h1-4,8,10H,5-6,12H2;1H. The quantitative estimate of drug-likeness (QED) is 0.871. The summed E-state index contributed by atoms with van der Waals surface area (Å²) in [5.41, 5.74) is 7.13. The Kier molecular flexibility index (Phi) is 3.77. The van der Waals surface area contributed by atoms with Gasteiger partial charge in [-0.25, -0.2) is 0 Å². The van der Waals surface area contributed by atoms with Crippen LogP contribution in [0, 0.1) is 5.92 Å². The summed E-state index contributed by atoms with van der Waals surface area (Å²) in [6, 6.07) is 8.96. The first kappa shape index (κ1) is 11.0. The van der Waals surface area contributed by atoms with E-state index in [4.69, 9.17) is 5.73 Å². The number of nitrogens with two attached hydrogens (primary N) is 1. The molecule has 1 nitrogen and oxygen atoms in total. The van der Waals surface area contributed by atoms with Gasteiger partial charge in [0.2, 0.25) is 0 Å². The zero-order valence-corrected chi connectivity index (χ0v) is 9.64. The van der Waals surface area contributed by atoms with E-state index in [0.717, 1.165) is 16.8 Å². The lowest BCUT2D eigenvalue weighted by atomic mass is 10.1. The maximum atomic E-state index is 5.73. The molecule has 0 bridgehead atoms. The van der Waals surface area contributed by atoms with E-state index < -0.39 is 0 Å². The minimum Gasteiger partial charge on any atom is -0.327 e. The molecule has 1 aromatic rings. The summed E-state index contributed by atoms with van der Waals surface area (Å²) in [4.78, 5) is 0. The Morgan fingerprint density at radius 3 is 2.31 bits per heavy atom. The van der Waals surface area contributed by atoms with E-state index >= 15 is 0 Å². The summed E-state index contributed by atoms with van der Waals surface area (Å²) >= 11 is 3.41. The molecule has 0 saturated heterocycles. The first-order valence-electron chi connectivity index (χ1n) is 4.26. The topological polar surface area (TPSA) is 26.0 Å². The summed E-state index contributed by atoms with van der Waals surface area (Å²) in [7, 11) is 0. The normalized spacial score (nSPS) is 25.1. The highest BCUT2D eigenvalue weighted by atomic mass is 79.9. The average molecular weight is 263 g/mol. The van der Waals surface area contributed by atoms with Crippen molar-refractivity contribution in [2.45, 2.75) is 18.9 Å². The second-order valence-electron chi connectivity index (χ2n) is 3.49. The number of benzene rings is 1. The monoisotopic (exact) mass is 261 g/mol. The van der Waals surface area contributed by atoms with Gasteiger partial charge in [0.05, 0.1) is 0 Å². The molecule has 1 aliphatic rings. The third kappa shape index (κ3) is 2.97. The lowest BCUT2D eigenvalue weighted by Gasteiger charge is -1.98. The van der Waals surface area contributed by atoms with Crippen molar-refractivity contribution in [2.24, 2.45) is 11.7 Å². The molecular formula is C10H13BrClN. The van der Waals surface area contributed by atoms with Crippen molar-refractivity contribution in [3.05, 3.63) is 34.3 Å². The van der Waals surface area contributed by atoms with Gasteiger partial charge in [0, 0.05) is 10.5 Å². The van der Waals surface area contributed by atoms with E-state index in [0.29, 0.717) is 6.04 Å². The molecule has 1 aromatic carbocycles. The highest BCUT2D eigenvalue weighted by Crippen LogP contribution is 2.31. The molecule has 1 aliphatic carbocycles. The van der Waals surface area contributed by atoms with Crippen molar-refractivity contribution in [1.29, 1.82) is 0 Å². The Morgan fingerprint density at radius 2 is 1.85 bits per heavy atom. The van der Waals surface area contributed by atoms with Gasteiger partial charge in [0.15, 0.2) is 0 Å². The van der Waals surface area contributed by atoms with Crippen molar-refractivity contribution in [2.75, 3.05) is 0 Å². The second kappa shape index (κ2) is 4.45. The van der Waals surface area contributed by atoms with Gasteiger partial charge in [-0.1, -0.05) is 28.1 Å². The van der Waals surface area contributed by atoms with Crippen molar-refractivity contribution in [1.82, 2.24) is 0 Å². The van der Waals surface area contributed by atoms with Crippen LogP contribution >= 0.6 is 28.3 Å². The molecule has 0 radical (unpaired) electrons. The lowest BCUT2D eigenvalue weighted by molar-refractivity contribution is 0.786. The summed E-state index contributed by atoms with van der Waals surface area (Å²) in [6.45, 7) is 0. The Balaban J connectivity index is 0.000000845. The fraction of sp³-hybridized carbons (Fsp3) is 0.400. The fourth-order valence-corrected chi connectivity index (χ4v) is 1.69. The van der Waals surface area contributed by atoms with Crippen LogP contribution < -0.4 is 5.73 Å². The first-order chi connectivity index (χ1) is 5.75. The van der Waals surface area contributed by atoms with Crippen molar-refractivity contribution >= 4 is 28.3 Å². The van der Waals surface area contributed by atoms with Crippen LogP contribution in [-0.4, -0.2) is 6.04 Å². The summed E-state index contributed by atoms with van der Waals surface area (Å²) in [6.07, 6.45) is 2.35. The molecule has 1 saturated carbocycles. The van der Waals surface area contributed by atoms with Crippen LogP contribution in [0.5, 0.6) is 0 Å². The predicted molar refractivity (Wildman–Crippen MR) is 61.2 cm³/mol. The smallest absolute Gasteiger partial charge is 0.0175 e. The Bertz CT molecular complexity index is 273. The van der Waals surface area contributed by atoms with Crippen LogP contribution in [0.4, 0.5) is 0 Å². The molecule has 2 unspecified atom stereocenters. The number of hydrogen-bond acceptors (Lipinski definition) is 1. The van der Waals surface area contributed by atoms with Crippen LogP contribution in [0.1, 0.15) is 12.0 Å². The molecule has 3 heteroatoms. The molecule has 0 spiro atoms. The highest BCUT2D eigenvalue weighted by molar-refractivity contribution is 9.10. The zero-order chi connectivity index (χ0) is 8.55. The molecule has 72 valence electrons. The van der Waals surface area contributed by atoms with Crippen molar-refractivity contribution in [3.8, 4) is 0 Å². The SMILES string of the molecule is Cl.NC1CC1Cc1ccc(Br)cc1. The zero-order valence-electron chi connectivity index (χ0n) is 7.24. The van der Waals surface area contributed by atoms with Gasteiger partial charge in [0.1, 0.15) is 0 Å². The van der Waals surface area contributed by atoms with E-state index in [9.17, 15) is 0 Å². The molecule has 2 N–H and O–H groups in total. The molecular weight excluding hydrogens is 249 g/mol. The Labute approximate surface area is 93.2 Å². The Hall–Kier alpha value is -0.0500. The van der Waals surface area contributed by atoms with Crippen LogP contribution in [0.2, 0.25) is 0 Å². The van der Waals surface area contributed by atoms with Gasteiger partial charge in [-0.3, -0.25) is 0 Å². The third-order valence-electron chi connectivity index (χ3n) is 2.39. The summed E-state index contributed by atoms with van der Waals surface area (Å²) < 4.78 is 1.14. The van der Waals surface area contributed by atoms with Gasteiger partial charge in [-0.2, -0.15) is 0 Å². The van der Waals surface area contributed by atoms with E-state index in [2.05, 4.69) is 40.2 Å². The molecule has 0 heterocycles. The van der Waals surface area contributed by atoms with Crippen molar-refractivity contribution in [3.63, 3.8) is 0 Å². The van der Waals surface area contributed by atoms with Gasteiger partial charge in [-0.15, -0.1) is 12.4 Å². The van der Waals surface area contributed by atoms with Crippen LogP contribution in [0.3, 0.4) is 0 Å². The van der Waals surface area contributed by atoms with Crippen molar-refractivity contribution < 1.29 is 0 Å². The Morgan fingerprint density at radius 1 is 1.31 bits per heavy atom. The van der Waals surface area contributed by atoms with Crippen LogP contribution in [-0.2, 0) is 6.42 Å². The van der Waals surface area contributed by atoms with E-state index in [1.165, 1.54) is 12.0 Å². The van der Waals surface area contributed by atoms with Gasteiger partial charge < -0.3 is 5.73 Å². The third-order valence-corrected chi connectivity index (χ3v) is 2.92. The van der Waals surface area contributed by atoms with E-state index in [-0.39, 0.29) is 12.4 Å². The highest BCUT2D eigenvalue weighted by Gasteiger charge is 2.32. The lowest BCUT2D eigenvalue weighted by Crippen LogP contribution is -2.03. The molecule has 13 heavy (non-hydrogen) atoms. The van der Waals surface area contributed by atoms with Gasteiger partial charge >= 0.3 is 0 Å². The van der Waals surface area contributed by atoms with Crippen LogP contribution in [0.25, 0.3) is 0 Å². The number of halogens is 2. The summed E-state index contributed by atoms with van der Waals surface area (Å²) in [5, 5.41) is 0. The first-order valence-corrected chi connectivity index (χ1v) is 5.05. The number of rotatable bonds is 2. The predicted octanol–water partition coefficient (Wildman–Crippen LogP) is 2.76. The van der Waals surface area contributed by atoms with Gasteiger partial charge in [-0.05, 0) is 36.5 Å². The summed E-state index contributed by atoms with van der Waals surface area (Å²) in [5.74, 6) is 0.742.